The molecule has 1 aromatic heterocycles. The van der Waals surface area contributed by atoms with Crippen molar-refractivity contribution in [3.63, 3.8) is 0 Å². The quantitative estimate of drug-likeness (QED) is 0.0307. The maximum atomic E-state index is 14.8. The smallest absolute Gasteiger partial charge is 0.305 e. The van der Waals surface area contributed by atoms with Gasteiger partial charge in [-0.3, -0.25) is 57.5 Å². The lowest BCUT2D eigenvalue weighted by molar-refractivity contribution is -0.142. The minimum atomic E-state index is -1.89. The van der Waals surface area contributed by atoms with Crippen LogP contribution in [-0.4, -0.2) is 188 Å². The average molecular weight is 1210 g/mol. The Balaban J connectivity index is 1.58. The number of amides is 10. The van der Waals surface area contributed by atoms with Crippen molar-refractivity contribution in [2.75, 3.05) is 37.1 Å². The molecule has 15 N–H and O–H groups in total. The lowest BCUT2D eigenvalue weighted by Crippen LogP contribution is -2.61. The maximum Gasteiger partial charge on any atom is 0.305 e. The predicted octanol–water partition coefficient (Wildman–Crippen LogP) is -1.75. The lowest BCUT2D eigenvalue weighted by Gasteiger charge is -2.30. The number of nitrogens with one attached hydrogen (secondary N) is 9. The fourth-order valence-corrected chi connectivity index (χ4v) is 9.94. The number of carboxylic acids is 2. The number of primary amides is 1. The fraction of sp³-hybridized carbons (Fsp3) is 0.509. The number of imidazole rings is 1. The van der Waals surface area contributed by atoms with Crippen LogP contribution in [0.15, 0.2) is 73.2 Å². The predicted molar refractivity (Wildman–Crippen MR) is 311 cm³/mol. The number of thioether (sulfide) groups is 2. The molecule has 10 amide bonds. The van der Waals surface area contributed by atoms with Crippen molar-refractivity contribution < 1.29 is 67.7 Å². The molecule has 4 rings (SSSR count). The van der Waals surface area contributed by atoms with Gasteiger partial charge in [0.05, 0.1) is 31.8 Å². The molecule has 1 aliphatic rings. The van der Waals surface area contributed by atoms with Crippen LogP contribution in [0.25, 0.3) is 0 Å². The topological polar surface area (TPSA) is 425 Å². The molecule has 1 fully saturated rings. The molecule has 0 aliphatic carbocycles. The molecule has 0 unspecified atom stereocenters. The van der Waals surface area contributed by atoms with Gasteiger partial charge in [0.1, 0.15) is 48.3 Å². The van der Waals surface area contributed by atoms with Gasteiger partial charge in [-0.25, -0.2) is 4.98 Å². The highest BCUT2D eigenvalue weighted by atomic mass is 32.2. The first kappa shape index (κ1) is 68.4. The third-order valence-corrected chi connectivity index (χ3v) is 14.6. The number of hydrogen-bond acceptors (Lipinski definition) is 16. The van der Waals surface area contributed by atoms with Gasteiger partial charge in [0.15, 0.2) is 0 Å². The Kier molecular flexibility index (Phi) is 28.7. The molecule has 3 aromatic rings. The molecule has 27 nitrogen and oxygen atoms in total. The van der Waals surface area contributed by atoms with Crippen molar-refractivity contribution in [3.05, 3.63) is 90.0 Å². The molecule has 1 aliphatic heterocycles. The number of nitrogens with zero attached hydrogens (tertiary/aromatic N) is 2. The summed E-state index contributed by atoms with van der Waals surface area (Å²) in [7, 11) is 0. The van der Waals surface area contributed by atoms with Gasteiger partial charge in [-0.05, 0) is 73.2 Å². The van der Waals surface area contributed by atoms with Crippen molar-refractivity contribution in [2.45, 2.75) is 132 Å². The van der Waals surface area contributed by atoms with Crippen LogP contribution in [0.1, 0.15) is 75.6 Å². The van der Waals surface area contributed by atoms with Gasteiger partial charge < -0.3 is 74.1 Å². The highest BCUT2D eigenvalue weighted by Gasteiger charge is 2.40. The summed E-state index contributed by atoms with van der Waals surface area (Å²) < 4.78 is 0. The van der Waals surface area contributed by atoms with Crippen LogP contribution < -0.4 is 54.0 Å². The summed E-state index contributed by atoms with van der Waals surface area (Å²) in [4.78, 5) is 169. The zero-order valence-electron chi connectivity index (χ0n) is 47.3. The van der Waals surface area contributed by atoms with Gasteiger partial charge in [-0.2, -0.15) is 23.5 Å². The number of likely N-dealkylation sites (tertiary alicyclic amines) is 1. The Labute approximate surface area is 494 Å². The molecule has 458 valence electrons. The Hall–Kier alpha value is -8.05. The molecule has 0 saturated carbocycles. The summed E-state index contributed by atoms with van der Waals surface area (Å²) in [5, 5.41) is 39.7. The number of carbonyl (C=O) groups excluding carboxylic acids is 10. The van der Waals surface area contributed by atoms with Crippen molar-refractivity contribution >= 4 is 94.5 Å². The van der Waals surface area contributed by atoms with Crippen LogP contribution in [0.3, 0.4) is 0 Å². The van der Waals surface area contributed by atoms with Gasteiger partial charge >= 0.3 is 11.9 Å². The molecular weight excluding hydrogens is 1130 g/mol. The van der Waals surface area contributed by atoms with E-state index in [0.717, 1.165) is 0 Å². The zero-order valence-corrected chi connectivity index (χ0v) is 48.9. The first-order valence-corrected chi connectivity index (χ1v) is 30.0. The Bertz CT molecular complexity index is 2730. The Morgan fingerprint density at radius 1 is 0.631 bits per heavy atom. The zero-order chi connectivity index (χ0) is 61.9. The van der Waals surface area contributed by atoms with Crippen molar-refractivity contribution in [1.82, 2.24) is 57.4 Å². The molecule has 0 spiro atoms. The van der Waals surface area contributed by atoms with Crippen molar-refractivity contribution in [3.8, 4) is 0 Å². The van der Waals surface area contributed by atoms with Gasteiger partial charge in [0.25, 0.3) is 0 Å². The molecule has 9 atom stereocenters. The monoisotopic (exact) mass is 1210 g/mol. The number of carboxylic acid groups (broad SMARTS) is 2. The number of nitrogens with two attached hydrogens (primary N) is 2. The van der Waals surface area contributed by atoms with Crippen LogP contribution in [0.2, 0.25) is 0 Å². The third-order valence-electron chi connectivity index (χ3n) is 13.3. The number of aromatic amines is 1. The number of rotatable bonds is 36. The summed E-state index contributed by atoms with van der Waals surface area (Å²) in [6.07, 6.45) is 4.91. The molecule has 2 aromatic carbocycles. The summed E-state index contributed by atoms with van der Waals surface area (Å²) in [5.41, 5.74) is 12.7. The number of hydrogen-bond donors (Lipinski definition) is 13. The average Bonchev–Trinajstić information content (AvgIpc) is 4.37. The first-order valence-electron chi connectivity index (χ1n) is 27.2. The van der Waals surface area contributed by atoms with E-state index in [-0.39, 0.29) is 57.4 Å². The van der Waals surface area contributed by atoms with Crippen LogP contribution in [-0.2, 0) is 76.8 Å². The molecule has 0 bridgehead atoms. The molecule has 1 saturated heterocycles. The van der Waals surface area contributed by atoms with Crippen molar-refractivity contribution in [2.24, 2.45) is 17.4 Å². The lowest BCUT2D eigenvalue weighted by atomic mass is 10.0. The second kappa shape index (κ2) is 35.2. The van der Waals surface area contributed by atoms with Crippen LogP contribution >= 0.6 is 23.5 Å². The van der Waals surface area contributed by atoms with E-state index in [1.54, 1.807) is 66.9 Å². The summed E-state index contributed by atoms with van der Waals surface area (Å²) in [5.74, 6) is -10.5. The summed E-state index contributed by atoms with van der Waals surface area (Å²) in [6, 6.07) is 4.66. The van der Waals surface area contributed by atoms with E-state index in [9.17, 15) is 62.6 Å². The van der Waals surface area contributed by atoms with Crippen LogP contribution in [0, 0.1) is 5.92 Å². The summed E-state index contributed by atoms with van der Waals surface area (Å²) >= 11 is 2.79. The number of aliphatic carboxylic acids is 2. The van der Waals surface area contributed by atoms with E-state index in [0.29, 0.717) is 34.7 Å². The van der Waals surface area contributed by atoms with Gasteiger partial charge in [-0.15, -0.1) is 0 Å². The number of aromatic nitrogens is 2. The number of benzene rings is 2. The second-order valence-corrected chi connectivity index (χ2v) is 22.4. The largest absolute Gasteiger partial charge is 0.481 e. The Morgan fingerprint density at radius 3 is 1.65 bits per heavy atom. The molecule has 84 heavy (non-hydrogen) atoms. The molecule has 29 heteroatoms. The van der Waals surface area contributed by atoms with E-state index in [1.807, 2.05) is 20.1 Å². The molecule has 2 heterocycles. The summed E-state index contributed by atoms with van der Waals surface area (Å²) in [6.45, 7) is 3.17. The van der Waals surface area contributed by atoms with E-state index >= 15 is 0 Å². The van der Waals surface area contributed by atoms with E-state index in [1.165, 1.54) is 40.9 Å². The molecular formula is C55H77N13O14S2. The first-order chi connectivity index (χ1) is 40.0. The SMILES string of the molecule is CSCC[C@H](NC(=O)[C@H](CC(C)C)NC(=O)CNC(=O)[C@@H]1CCCN1C(=O)[C@H](Cc1ccccc1)NC(=O)[C@H](Cc1ccccc1)NC(=O)[C@H](CC(=O)O)NC(=O)[C@H](Cc1cnc[nH]1)NC(=O)[C@H](CCSC)NC(=O)[C@@H](N)CC(=O)O)C(N)=O. The number of H-pyrrole nitrogens is 1. The third kappa shape index (κ3) is 23.3. The normalized spacial score (nSPS) is 15.7. The second-order valence-electron chi connectivity index (χ2n) is 20.5. The van der Waals surface area contributed by atoms with Gasteiger partial charge in [0, 0.05) is 37.7 Å². The van der Waals surface area contributed by atoms with E-state index in [2.05, 4.69) is 52.5 Å². The van der Waals surface area contributed by atoms with Crippen LogP contribution in [0.4, 0.5) is 0 Å². The fourth-order valence-electron chi connectivity index (χ4n) is 9.00. The molecule has 0 radical (unpaired) electrons. The van der Waals surface area contributed by atoms with Gasteiger partial charge in [-0.1, -0.05) is 74.5 Å². The van der Waals surface area contributed by atoms with Crippen LogP contribution in [0.5, 0.6) is 0 Å². The standard InChI is InChI=1S/C55H77N13O14S2/c1-31(2)22-38(50(77)62-36(47(57)74)17-20-83-3)61-44(69)29-59-54(81)43-16-11-19-68(43)55(82)42(24-33-14-9-6-10-15-33)67-51(78)39(23-32-12-7-5-8-13-32)64-53(80)41(27-46(72)73)66-52(79)40(25-34-28-58-30-60-34)65-49(76)37(18-21-84-4)63-48(75)35(56)26-45(70)71/h5-10,12-15,28,30-31,35-43H,11,16-27,29,56H2,1-4H3,(H2,57,74)(H,58,60)(H,59,81)(H,61,69)(H,62,77)(H,63,75)(H,64,80)(H,65,76)(H,66,79)(H,67,78)(H,70,71)(H,72,73)/t35-,36-,37-,38-,39-,40-,41-,42-,43-/m0/s1. The van der Waals surface area contributed by atoms with E-state index in [4.69, 9.17) is 16.6 Å². The Morgan fingerprint density at radius 2 is 1.12 bits per heavy atom. The van der Waals surface area contributed by atoms with Gasteiger partial charge in [0.2, 0.25) is 59.1 Å². The highest BCUT2D eigenvalue weighted by Crippen LogP contribution is 2.21. The highest BCUT2D eigenvalue weighted by molar-refractivity contribution is 7.98. The van der Waals surface area contributed by atoms with E-state index < -0.39 is 145 Å². The number of carbonyl (C=O) groups is 12. The maximum absolute atomic E-state index is 14.8. The minimum Gasteiger partial charge on any atom is -0.481 e. The van der Waals surface area contributed by atoms with Crippen molar-refractivity contribution in [1.29, 1.82) is 0 Å². The minimum absolute atomic E-state index is 0.0166.